The van der Waals surface area contributed by atoms with Crippen molar-refractivity contribution in [1.82, 2.24) is 10.6 Å². The van der Waals surface area contributed by atoms with Gasteiger partial charge in [-0.2, -0.15) is 0 Å². The molecule has 1 aliphatic rings. The SMILES string of the molecule is CN=C(NCCCC(=O)OC1CCCC1)NC(C)c1ccc(OC)c(F)c1. The first-order chi connectivity index (χ1) is 13.0. The van der Waals surface area contributed by atoms with Crippen LogP contribution in [0, 0.1) is 5.82 Å². The third-order valence-electron chi connectivity index (χ3n) is 4.70. The van der Waals surface area contributed by atoms with E-state index < -0.39 is 5.82 Å². The van der Waals surface area contributed by atoms with Gasteiger partial charge in [0.1, 0.15) is 6.10 Å². The van der Waals surface area contributed by atoms with Crippen molar-refractivity contribution in [3.8, 4) is 5.75 Å². The Hall–Kier alpha value is -2.31. The first-order valence-electron chi connectivity index (χ1n) is 9.53. The van der Waals surface area contributed by atoms with Crippen LogP contribution in [0.4, 0.5) is 4.39 Å². The number of hydrogen-bond donors (Lipinski definition) is 2. The Kier molecular flexibility index (Phi) is 8.36. The minimum absolute atomic E-state index is 0.116. The summed E-state index contributed by atoms with van der Waals surface area (Å²) in [6.45, 7) is 2.52. The van der Waals surface area contributed by atoms with Crippen LogP contribution >= 0.6 is 0 Å². The minimum atomic E-state index is -0.396. The van der Waals surface area contributed by atoms with Gasteiger partial charge in [0.25, 0.3) is 0 Å². The summed E-state index contributed by atoms with van der Waals surface area (Å²) in [5.41, 5.74) is 0.788. The Morgan fingerprint density at radius 1 is 1.37 bits per heavy atom. The minimum Gasteiger partial charge on any atom is -0.494 e. The Labute approximate surface area is 160 Å². The van der Waals surface area contributed by atoms with Crippen LogP contribution in [0.3, 0.4) is 0 Å². The second-order valence-corrected chi connectivity index (χ2v) is 6.76. The third-order valence-corrected chi connectivity index (χ3v) is 4.70. The van der Waals surface area contributed by atoms with Gasteiger partial charge in [0, 0.05) is 20.0 Å². The van der Waals surface area contributed by atoms with Crippen LogP contribution in [0.2, 0.25) is 0 Å². The van der Waals surface area contributed by atoms with Crippen molar-refractivity contribution >= 4 is 11.9 Å². The molecule has 0 bridgehead atoms. The Bertz CT molecular complexity index is 645. The topological polar surface area (TPSA) is 72.0 Å². The number of ether oxygens (including phenoxy) is 2. The first-order valence-corrected chi connectivity index (χ1v) is 9.53. The number of esters is 1. The number of carbonyl (C=O) groups is 1. The molecule has 0 heterocycles. The van der Waals surface area contributed by atoms with Gasteiger partial charge in [0.15, 0.2) is 17.5 Å². The highest BCUT2D eigenvalue weighted by molar-refractivity contribution is 5.80. The standard InChI is InChI=1S/C20H30FN3O3/c1-14(15-10-11-18(26-3)17(21)13-15)24-20(22-2)23-12-6-9-19(25)27-16-7-4-5-8-16/h10-11,13-14,16H,4-9,12H2,1-3H3,(H2,22,23,24). The van der Waals surface area contributed by atoms with E-state index in [1.54, 1.807) is 13.1 Å². The van der Waals surface area contributed by atoms with E-state index in [9.17, 15) is 9.18 Å². The normalized spacial score (nSPS) is 16.1. The number of nitrogens with one attached hydrogen (secondary N) is 2. The summed E-state index contributed by atoms with van der Waals surface area (Å²) in [5, 5.41) is 6.38. The fourth-order valence-corrected chi connectivity index (χ4v) is 3.13. The van der Waals surface area contributed by atoms with Crippen LogP contribution in [-0.4, -0.2) is 38.7 Å². The van der Waals surface area contributed by atoms with Crippen molar-refractivity contribution in [1.29, 1.82) is 0 Å². The summed E-state index contributed by atoms with van der Waals surface area (Å²) in [7, 11) is 3.11. The van der Waals surface area contributed by atoms with E-state index in [-0.39, 0.29) is 23.9 Å². The summed E-state index contributed by atoms with van der Waals surface area (Å²) >= 11 is 0. The van der Waals surface area contributed by atoms with E-state index in [0.29, 0.717) is 25.3 Å². The van der Waals surface area contributed by atoms with Gasteiger partial charge in [0.05, 0.1) is 13.2 Å². The molecule has 2 rings (SSSR count). The van der Waals surface area contributed by atoms with Crippen LogP contribution < -0.4 is 15.4 Å². The highest BCUT2D eigenvalue weighted by Crippen LogP contribution is 2.22. The molecule has 6 nitrogen and oxygen atoms in total. The lowest BCUT2D eigenvalue weighted by Gasteiger charge is -2.19. The second kappa shape index (κ2) is 10.7. The fraction of sp³-hybridized carbons (Fsp3) is 0.600. The molecule has 0 aliphatic heterocycles. The van der Waals surface area contributed by atoms with Crippen LogP contribution in [0.1, 0.15) is 57.1 Å². The van der Waals surface area contributed by atoms with Gasteiger partial charge in [-0.3, -0.25) is 9.79 Å². The van der Waals surface area contributed by atoms with E-state index in [4.69, 9.17) is 9.47 Å². The maximum Gasteiger partial charge on any atom is 0.306 e. The number of guanidine groups is 1. The van der Waals surface area contributed by atoms with Gasteiger partial charge < -0.3 is 20.1 Å². The molecule has 0 aromatic heterocycles. The number of rotatable bonds is 8. The zero-order chi connectivity index (χ0) is 19.6. The van der Waals surface area contributed by atoms with Crippen molar-refractivity contribution < 1.29 is 18.7 Å². The van der Waals surface area contributed by atoms with Gasteiger partial charge in [0.2, 0.25) is 0 Å². The molecule has 1 aliphatic carbocycles. The Balaban J connectivity index is 1.71. The summed E-state index contributed by atoms with van der Waals surface area (Å²) in [4.78, 5) is 16.0. The molecule has 1 unspecified atom stereocenters. The number of methoxy groups -OCH3 is 1. The summed E-state index contributed by atoms with van der Waals surface area (Å²) in [6.07, 6.45) is 5.45. The molecule has 1 aromatic carbocycles. The van der Waals surface area contributed by atoms with Crippen LogP contribution in [0.5, 0.6) is 5.75 Å². The molecule has 1 saturated carbocycles. The predicted octanol–water partition coefficient (Wildman–Crippen LogP) is 3.33. The Morgan fingerprint density at radius 2 is 2.11 bits per heavy atom. The molecule has 7 heteroatoms. The molecule has 0 radical (unpaired) electrons. The zero-order valence-electron chi connectivity index (χ0n) is 16.4. The average molecular weight is 379 g/mol. The number of carbonyl (C=O) groups excluding carboxylic acids is 1. The molecule has 0 spiro atoms. The predicted molar refractivity (Wildman–Crippen MR) is 103 cm³/mol. The van der Waals surface area contributed by atoms with Gasteiger partial charge in [-0.1, -0.05) is 6.07 Å². The highest BCUT2D eigenvalue weighted by Gasteiger charge is 2.18. The number of halogens is 1. The number of benzene rings is 1. The molecule has 1 atom stereocenters. The summed E-state index contributed by atoms with van der Waals surface area (Å²) < 4.78 is 24.2. The zero-order valence-corrected chi connectivity index (χ0v) is 16.4. The van der Waals surface area contributed by atoms with Crippen LogP contribution in [-0.2, 0) is 9.53 Å². The molecular formula is C20H30FN3O3. The Morgan fingerprint density at radius 3 is 2.74 bits per heavy atom. The van der Waals surface area contributed by atoms with Crippen molar-refractivity contribution in [2.24, 2.45) is 4.99 Å². The van der Waals surface area contributed by atoms with Crippen molar-refractivity contribution in [2.75, 3.05) is 20.7 Å². The number of aliphatic imine (C=N–C) groups is 1. The molecule has 1 fully saturated rings. The maximum absolute atomic E-state index is 13.9. The summed E-state index contributed by atoms with van der Waals surface area (Å²) in [5.74, 6) is 0.293. The second-order valence-electron chi connectivity index (χ2n) is 6.76. The molecule has 150 valence electrons. The van der Waals surface area contributed by atoms with E-state index in [1.165, 1.54) is 13.2 Å². The molecule has 1 aromatic rings. The van der Waals surface area contributed by atoms with Crippen molar-refractivity contribution in [3.63, 3.8) is 0 Å². The van der Waals surface area contributed by atoms with E-state index in [2.05, 4.69) is 15.6 Å². The molecular weight excluding hydrogens is 349 g/mol. The number of nitrogens with zero attached hydrogens (tertiary/aromatic N) is 1. The van der Waals surface area contributed by atoms with Gasteiger partial charge in [-0.05, 0) is 56.7 Å². The van der Waals surface area contributed by atoms with E-state index in [0.717, 1.165) is 31.2 Å². The lowest BCUT2D eigenvalue weighted by molar-refractivity contribution is -0.148. The fourth-order valence-electron chi connectivity index (χ4n) is 3.13. The van der Waals surface area contributed by atoms with Crippen molar-refractivity contribution in [2.45, 2.75) is 57.6 Å². The van der Waals surface area contributed by atoms with Crippen molar-refractivity contribution in [3.05, 3.63) is 29.6 Å². The van der Waals surface area contributed by atoms with Gasteiger partial charge >= 0.3 is 5.97 Å². The van der Waals surface area contributed by atoms with E-state index >= 15 is 0 Å². The van der Waals surface area contributed by atoms with E-state index in [1.807, 2.05) is 13.0 Å². The van der Waals surface area contributed by atoms with Gasteiger partial charge in [-0.15, -0.1) is 0 Å². The smallest absolute Gasteiger partial charge is 0.306 e. The molecule has 2 N–H and O–H groups in total. The number of hydrogen-bond acceptors (Lipinski definition) is 4. The van der Waals surface area contributed by atoms with Crippen LogP contribution in [0.25, 0.3) is 0 Å². The largest absolute Gasteiger partial charge is 0.494 e. The average Bonchev–Trinajstić information content (AvgIpc) is 3.16. The first kappa shape index (κ1) is 21.0. The molecule has 0 saturated heterocycles. The monoisotopic (exact) mass is 379 g/mol. The van der Waals surface area contributed by atoms with Gasteiger partial charge in [-0.25, -0.2) is 4.39 Å². The lowest BCUT2D eigenvalue weighted by atomic mass is 10.1. The quantitative estimate of drug-likeness (QED) is 0.314. The molecule has 0 amide bonds. The molecule has 27 heavy (non-hydrogen) atoms. The maximum atomic E-state index is 13.9. The summed E-state index contributed by atoms with van der Waals surface area (Å²) in [6, 6.07) is 4.73. The van der Waals surface area contributed by atoms with Crippen LogP contribution in [0.15, 0.2) is 23.2 Å². The highest BCUT2D eigenvalue weighted by atomic mass is 19.1. The third kappa shape index (κ3) is 6.73. The lowest BCUT2D eigenvalue weighted by Crippen LogP contribution is -2.39.